The molecule has 2 amide bonds. The highest BCUT2D eigenvalue weighted by atomic mass is 19.1. The zero-order valence-corrected chi connectivity index (χ0v) is 39.6. The number of aromatic nitrogens is 4. The van der Waals surface area contributed by atoms with Gasteiger partial charge in [-0.05, 0) is 125 Å². The van der Waals surface area contributed by atoms with Crippen molar-refractivity contribution in [3.8, 4) is 34.0 Å². The quantitative estimate of drug-likeness (QED) is 0.0665. The second-order valence-electron chi connectivity index (χ2n) is 19.3. The molecule has 2 fully saturated rings. The first kappa shape index (κ1) is 47.7. The number of rotatable bonds is 8. The van der Waals surface area contributed by atoms with Gasteiger partial charge in [0.15, 0.2) is 11.6 Å². The minimum absolute atomic E-state index is 0.0346. The van der Waals surface area contributed by atoms with E-state index < -0.39 is 35.0 Å². The monoisotopic (exact) mass is 962 g/mol. The first-order valence-corrected chi connectivity index (χ1v) is 23.1. The highest BCUT2D eigenvalue weighted by Gasteiger charge is 2.42. The molecule has 0 saturated heterocycles. The summed E-state index contributed by atoms with van der Waals surface area (Å²) in [6, 6.07) is 6.58. The normalized spacial score (nSPS) is 19.2. The standard InChI is InChI=1S/2C25H28FN5O4/c2*1-12-17(10-30-23-22(12)28-4-5-34-23)16-6-13-7-19(29-11-18(13)21(27)20(16)26)31-24(32)35-15-8-14(9-15)25(2,3)33/h2*6-7,10-11,14-15,28,33H,4-5,8-9,27H2,1-3H3,(H,29,31,32). The molecule has 10 N–H and O–H groups in total. The highest BCUT2D eigenvalue weighted by Crippen LogP contribution is 2.43. The summed E-state index contributed by atoms with van der Waals surface area (Å²) in [5.74, 6) is 0.556. The summed E-state index contributed by atoms with van der Waals surface area (Å²) in [5, 5.41) is 33.9. The number of nitrogens with one attached hydrogen (secondary N) is 4. The van der Waals surface area contributed by atoms with E-state index in [1.165, 1.54) is 12.4 Å². The molecule has 6 heterocycles. The van der Waals surface area contributed by atoms with Gasteiger partial charge in [0.05, 0.1) is 22.6 Å². The number of carbonyl (C=O) groups is 2. The summed E-state index contributed by atoms with van der Waals surface area (Å²) in [6.07, 6.45) is 6.65. The van der Waals surface area contributed by atoms with Crippen LogP contribution in [0.2, 0.25) is 0 Å². The number of fused-ring (bicyclic) bond motifs is 4. The summed E-state index contributed by atoms with van der Waals surface area (Å²) in [4.78, 5) is 41.8. The lowest BCUT2D eigenvalue weighted by molar-refractivity contribution is -0.0776. The van der Waals surface area contributed by atoms with Gasteiger partial charge in [-0.15, -0.1) is 0 Å². The smallest absolute Gasteiger partial charge is 0.413 e. The molecule has 0 radical (unpaired) electrons. The molecule has 2 saturated carbocycles. The number of nitrogens with zero attached hydrogens (tertiary/aromatic N) is 4. The van der Waals surface area contributed by atoms with Gasteiger partial charge < -0.3 is 51.3 Å². The minimum Gasteiger partial charge on any atom is -0.474 e. The van der Waals surface area contributed by atoms with E-state index in [9.17, 15) is 19.8 Å². The number of halogens is 2. The van der Waals surface area contributed by atoms with Crippen LogP contribution in [-0.2, 0) is 9.47 Å². The number of benzene rings is 2. The zero-order chi connectivity index (χ0) is 49.8. The van der Waals surface area contributed by atoms with E-state index in [2.05, 4.69) is 41.2 Å². The van der Waals surface area contributed by atoms with E-state index in [-0.39, 0.29) is 47.1 Å². The van der Waals surface area contributed by atoms with E-state index in [1.807, 2.05) is 13.8 Å². The summed E-state index contributed by atoms with van der Waals surface area (Å²) in [6.45, 7) is 13.1. The fraction of sp³-hybridized carbons (Fsp3) is 0.400. The first-order chi connectivity index (χ1) is 33.2. The van der Waals surface area contributed by atoms with Crippen LogP contribution < -0.4 is 42.2 Å². The number of hydrogen-bond donors (Lipinski definition) is 8. The van der Waals surface area contributed by atoms with E-state index in [0.717, 1.165) is 22.5 Å². The third kappa shape index (κ3) is 9.52. The lowest BCUT2D eigenvalue weighted by Crippen LogP contribution is -2.45. The van der Waals surface area contributed by atoms with Crippen molar-refractivity contribution in [1.29, 1.82) is 0 Å². The molecule has 368 valence electrons. The molecule has 18 nitrogen and oxygen atoms in total. The Morgan fingerprint density at radius 2 is 1.03 bits per heavy atom. The van der Waals surface area contributed by atoms with Crippen molar-refractivity contribution < 1.29 is 47.5 Å². The van der Waals surface area contributed by atoms with Gasteiger partial charge in [-0.3, -0.25) is 10.6 Å². The Labute approximate surface area is 401 Å². The van der Waals surface area contributed by atoms with Crippen molar-refractivity contribution in [2.45, 2.75) is 90.6 Å². The van der Waals surface area contributed by atoms with Crippen molar-refractivity contribution in [3.63, 3.8) is 0 Å². The molecule has 4 aliphatic rings. The molecule has 70 heavy (non-hydrogen) atoms. The molecule has 10 rings (SSSR count). The van der Waals surface area contributed by atoms with E-state index in [1.54, 1.807) is 64.4 Å². The van der Waals surface area contributed by atoms with E-state index >= 15 is 8.78 Å². The van der Waals surface area contributed by atoms with Crippen LogP contribution in [0.1, 0.15) is 64.5 Å². The molecule has 20 heteroatoms. The molecule has 0 atom stereocenters. The maximum absolute atomic E-state index is 15.3. The van der Waals surface area contributed by atoms with Crippen LogP contribution in [0, 0.1) is 37.3 Å². The Morgan fingerprint density at radius 1 is 0.643 bits per heavy atom. The molecule has 0 spiro atoms. The molecule has 4 aromatic heterocycles. The third-order valence-corrected chi connectivity index (χ3v) is 13.7. The van der Waals surface area contributed by atoms with Gasteiger partial charge in [-0.2, -0.15) is 0 Å². The van der Waals surface area contributed by atoms with E-state index in [4.69, 9.17) is 30.4 Å². The summed E-state index contributed by atoms with van der Waals surface area (Å²) in [5.41, 5.74) is 15.4. The zero-order valence-electron chi connectivity index (χ0n) is 39.6. The molecular weight excluding hydrogens is 907 g/mol. The van der Waals surface area contributed by atoms with Gasteiger partial charge in [0.1, 0.15) is 48.4 Å². The average Bonchev–Trinajstić information content (AvgIpc) is 3.28. The van der Waals surface area contributed by atoms with Crippen LogP contribution in [0.4, 0.5) is 52.8 Å². The van der Waals surface area contributed by atoms with Crippen molar-refractivity contribution >= 4 is 68.1 Å². The Hall–Kier alpha value is -7.32. The van der Waals surface area contributed by atoms with Crippen LogP contribution in [0.3, 0.4) is 0 Å². The molecule has 2 aliphatic heterocycles. The van der Waals surface area contributed by atoms with Crippen molar-refractivity contribution in [1.82, 2.24) is 19.9 Å². The molecule has 2 aromatic carbocycles. The molecule has 0 unspecified atom stereocenters. The maximum atomic E-state index is 15.3. The Balaban J connectivity index is 0.000000174. The maximum Gasteiger partial charge on any atom is 0.413 e. The van der Waals surface area contributed by atoms with Gasteiger partial charge >= 0.3 is 12.2 Å². The largest absolute Gasteiger partial charge is 0.474 e. The van der Waals surface area contributed by atoms with Crippen molar-refractivity contribution in [2.24, 2.45) is 11.8 Å². The summed E-state index contributed by atoms with van der Waals surface area (Å²) >= 11 is 0. The molecule has 0 bridgehead atoms. The van der Waals surface area contributed by atoms with Crippen LogP contribution >= 0.6 is 0 Å². The first-order valence-electron chi connectivity index (χ1n) is 23.1. The lowest BCUT2D eigenvalue weighted by atomic mass is 9.72. The van der Waals surface area contributed by atoms with Crippen molar-refractivity contribution in [2.75, 3.05) is 59.0 Å². The topological polar surface area (TPSA) is 263 Å². The summed E-state index contributed by atoms with van der Waals surface area (Å²) in [7, 11) is 0. The summed E-state index contributed by atoms with van der Waals surface area (Å²) < 4.78 is 52.6. The van der Waals surface area contributed by atoms with Crippen LogP contribution in [-0.4, -0.2) is 92.0 Å². The number of amides is 2. The Kier molecular flexibility index (Phi) is 12.6. The van der Waals surface area contributed by atoms with Gasteiger partial charge in [0.2, 0.25) is 11.8 Å². The van der Waals surface area contributed by atoms with Gasteiger partial charge in [-0.25, -0.2) is 38.3 Å². The third-order valence-electron chi connectivity index (χ3n) is 13.7. The Morgan fingerprint density at radius 3 is 1.40 bits per heavy atom. The number of ether oxygens (including phenoxy) is 4. The predicted molar refractivity (Wildman–Crippen MR) is 262 cm³/mol. The van der Waals surface area contributed by atoms with Crippen LogP contribution in [0.15, 0.2) is 49.1 Å². The number of carbonyl (C=O) groups excluding carboxylic acids is 2. The fourth-order valence-corrected chi connectivity index (χ4v) is 9.16. The number of anilines is 6. The predicted octanol–water partition coefficient (Wildman–Crippen LogP) is 8.46. The molecule has 2 aliphatic carbocycles. The number of hydrogen-bond acceptors (Lipinski definition) is 16. The fourth-order valence-electron chi connectivity index (χ4n) is 9.16. The molecule has 6 aromatic rings. The van der Waals surface area contributed by atoms with Crippen molar-refractivity contribution in [3.05, 3.63) is 71.8 Å². The van der Waals surface area contributed by atoms with Gasteiger partial charge in [0, 0.05) is 70.9 Å². The van der Waals surface area contributed by atoms with Gasteiger partial charge in [0.25, 0.3) is 0 Å². The number of pyridine rings is 4. The average molecular weight is 963 g/mol. The number of nitrogens with two attached hydrogens (primary N) is 2. The van der Waals surface area contributed by atoms with E-state index in [0.29, 0.717) is 108 Å². The van der Waals surface area contributed by atoms with Gasteiger partial charge in [-0.1, -0.05) is 0 Å². The number of nitrogen functional groups attached to an aromatic ring is 2. The number of aliphatic hydroxyl groups is 2. The second kappa shape index (κ2) is 18.5. The minimum atomic E-state index is -0.793. The lowest BCUT2D eigenvalue weighted by Gasteiger charge is -2.41. The highest BCUT2D eigenvalue weighted by molar-refractivity contribution is 6.01. The Bertz CT molecular complexity index is 2840. The molecular formula is C50H56F2N10O8. The second-order valence-corrected chi connectivity index (χ2v) is 19.3. The van der Waals surface area contributed by atoms with Crippen LogP contribution in [0.25, 0.3) is 43.8 Å². The SMILES string of the molecule is Cc1c(-c2cc3cc(NC(=O)OC4CC(C(C)(C)O)C4)ncc3c(N)c2F)cnc2c1NCCO2.Cc1c(-c2cc3cc(NC(=O)OC4CC(C(C)(C)O)C4)ncc3c(N)c2F)cnc2c1NCCO2. The van der Waals surface area contributed by atoms with Crippen LogP contribution in [0.5, 0.6) is 11.8 Å².